The SMILES string of the molecule is CCc1ccccc1C(=O)N[C@H]1C(O)=C[C@@H]2[C@@H](O)CCCN2C1(C)C. The van der Waals surface area contributed by atoms with E-state index in [9.17, 15) is 15.0 Å². The summed E-state index contributed by atoms with van der Waals surface area (Å²) in [5.41, 5.74) is 1.15. The number of aryl methyl sites for hydroxylation is 1. The Morgan fingerprint density at radius 3 is 2.80 bits per heavy atom. The summed E-state index contributed by atoms with van der Waals surface area (Å²) in [6.45, 7) is 6.89. The van der Waals surface area contributed by atoms with Crippen molar-refractivity contribution < 1.29 is 15.0 Å². The molecule has 0 aliphatic carbocycles. The maximum Gasteiger partial charge on any atom is 0.252 e. The minimum absolute atomic E-state index is 0.134. The third kappa shape index (κ3) is 3.18. The molecule has 3 rings (SSSR count). The topological polar surface area (TPSA) is 72.8 Å². The minimum Gasteiger partial charge on any atom is -0.510 e. The van der Waals surface area contributed by atoms with E-state index in [-0.39, 0.29) is 17.7 Å². The van der Waals surface area contributed by atoms with Gasteiger partial charge in [-0.25, -0.2) is 0 Å². The van der Waals surface area contributed by atoms with Crippen LogP contribution in [0.1, 0.15) is 49.5 Å². The summed E-state index contributed by atoms with van der Waals surface area (Å²) >= 11 is 0. The molecule has 1 amide bonds. The van der Waals surface area contributed by atoms with Crippen LogP contribution in [-0.4, -0.2) is 51.3 Å². The Hall–Kier alpha value is -1.85. The maximum absolute atomic E-state index is 12.8. The van der Waals surface area contributed by atoms with Gasteiger partial charge < -0.3 is 15.5 Å². The Bertz CT molecular complexity index is 683. The normalized spacial score (nSPS) is 28.8. The van der Waals surface area contributed by atoms with E-state index in [4.69, 9.17) is 0 Å². The zero-order valence-corrected chi connectivity index (χ0v) is 15.2. The Morgan fingerprint density at radius 1 is 1.36 bits per heavy atom. The molecule has 1 fully saturated rings. The van der Waals surface area contributed by atoms with Crippen molar-refractivity contribution in [1.82, 2.24) is 10.2 Å². The molecule has 0 saturated carbocycles. The van der Waals surface area contributed by atoms with Gasteiger partial charge in [-0.05, 0) is 57.4 Å². The predicted octanol–water partition coefficient (Wildman–Crippen LogP) is 2.41. The van der Waals surface area contributed by atoms with Crippen LogP contribution in [0, 0.1) is 0 Å². The van der Waals surface area contributed by atoms with Crippen LogP contribution in [-0.2, 0) is 6.42 Å². The highest BCUT2D eigenvalue weighted by molar-refractivity contribution is 5.96. The second kappa shape index (κ2) is 6.81. The fourth-order valence-corrected chi connectivity index (χ4v) is 4.18. The van der Waals surface area contributed by atoms with Crippen molar-refractivity contribution in [3.63, 3.8) is 0 Å². The summed E-state index contributed by atoms with van der Waals surface area (Å²) in [5.74, 6) is -0.0407. The van der Waals surface area contributed by atoms with Crippen molar-refractivity contribution in [3.8, 4) is 0 Å². The molecule has 25 heavy (non-hydrogen) atoms. The molecule has 2 aliphatic rings. The lowest BCUT2D eigenvalue weighted by molar-refractivity contribution is -0.0451. The van der Waals surface area contributed by atoms with Gasteiger partial charge in [0.1, 0.15) is 11.8 Å². The number of piperidine rings is 1. The highest BCUT2D eigenvalue weighted by Gasteiger charge is 2.48. The lowest BCUT2D eigenvalue weighted by Gasteiger charge is -2.53. The second-order valence-electron chi connectivity index (χ2n) is 7.56. The number of hydrogen-bond acceptors (Lipinski definition) is 4. The van der Waals surface area contributed by atoms with E-state index in [1.54, 1.807) is 6.08 Å². The summed E-state index contributed by atoms with van der Waals surface area (Å²) in [5, 5.41) is 23.9. The minimum atomic E-state index is -0.508. The number of amides is 1. The molecule has 2 aliphatic heterocycles. The number of carbonyl (C=O) groups is 1. The summed E-state index contributed by atoms with van der Waals surface area (Å²) in [6.07, 6.45) is 3.65. The van der Waals surface area contributed by atoms with Gasteiger partial charge in [0.15, 0.2) is 0 Å². The number of aliphatic hydroxyl groups excluding tert-OH is 2. The lowest BCUT2D eigenvalue weighted by atomic mass is 9.80. The Morgan fingerprint density at radius 2 is 2.08 bits per heavy atom. The molecular weight excluding hydrogens is 316 g/mol. The maximum atomic E-state index is 12.8. The van der Waals surface area contributed by atoms with Crippen LogP contribution < -0.4 is 5.32 Å². The zero-order chi connectivity index (χ0) is 18.2. The van der Waals surface area contributed by atoms with Gasteiger partial charge in [0.05, 0.1) is 12.1 Å². The van der Waals surface area contributed by atoms with Crippen molar-refractivity contribution in [1.29, 1.82) is 0 Å². The first-order chi connectivity index (χ1) is 11.9. The van der Waals surface area contributed by atoms with Crippen LogP contribution in [0.25, 0.3) is 0 Å². The van der Waals surface area contributed by atoms with Crippen LogP contribution in [0.3, 0.4) is 0 Å². The average Bonchev–Trinajstić information content (AvgIpc) is 2.59. The second-order valence-corrected chi connectivity index (χ2v) is 7.56. The molecular formula is C20H28N2O3. The fourth-order valence-electron chi connectivity index (χ4n) is 4.18. The standard InChI is InChI=1S/C20H28N2O3/c1-4-13-8-5-6-9-14(13)19(25)21-18-17(24)12-15-16(23)10-7-11-22(15)20(18,2)3/h5-6,8-9,12,15-16,18,23-24H,4,7,10-11H2,1-3H3,(H,21,25)/t15-,16+,18+/m1/s1. The first-order valence-corrected chi connectivity index (χ1v) is 9.10. The molecule has 1 saturated heterocycles. The summed E-state index contributed by atoms with van der Waals surface area (Å²) in [4.78, 5) is 15.0. The first kappa shape index (κ1) is 18.0. The van der Waals surface area contributed by atoms with Crippen LogP contribution in [0.4, 0.5) is 0 Å². The monoisotopic (exact) mass is 344 g/mol. The Labute approximate surface area is 149 Å². The predicted molar refractivity (Wildman–Crippen MR) is 97.6 cm³/mol. The van der Waals surface area contributed by atoms with Crippen LogP contribution in [0.5, 0.6) is 0 Å². The van der Waals surface area contributed by atoms with E-state index in [1.165, 1.54) is 0 Å². The summed E-state index contributed by atoms with van der Waals surface area (Å²) in [7, 11) is 0. The van der Waals surface area contributed by atoms with E-state index < -0.39 is 17.7 Å². The van der Waals surface area contributed by atoms with Crippen molar-refractivity contribution in [2.75, 3.05) is 6.54 Å². The van der Waals surface area contributed by atoms with Crippen molar-refractivity contribution in [2.24, 2.45) is 0 Å². The van der Waals surface area contributed by atoms with Crippen LogP contribution >= 0.6 is 0 Å². The fraction of sp³-hybridized carbons (Fsp3) is 0.550. The molecule has 1 aromatic rings. The smallest absolute Gasteiger partial charge is 0.252 e. The van der Waals surface area contributed by atoms with Crippen molar-refractivity contribution in [3.05, 3.63) is 47.2 Å². The number of aliphatic hydroxyl groups is 2. The van der Waals surface area contributed by atoms with Gasteiger partial charge in [-0.1, -0.05) is 25.1 Å². The molecule has 136 valence electrons. The number of nitrogens with one attached hydrogen (secondary N) is 1. The van der Waals surface area contributed by atoms with Crippen molar-refractivity contribution >= 4 is 5.91 Å². The first-order valence-electron chi connectivity index (χ1n) is 9.10. The highest BCUT2D eigenvalue weighted by Crippen LogP contribution is 2.36. The van der Waals surface area contributed by atoms with Crippen LogP contribution in [0.15, 0.2) is 36.1 Å². The van der Waals surface area contributed by atoms with Gasteiger partial charge in [0, 0.05) is 11.1 Å². The van der Waals surface area contributed by atoms with Gasteiger partial charge in [-0.3, -0.25) is 9.69 Å². The van der Waals surface area contributed by atoms with E-state index in [0.29, 0.717) is 5.56 Å². The third-order valence-corrected chi connectivity index (χ3v) is 5.66. The van der Waals surface area contributed by atoms with Gasteiger partial charge in [-0.15, -0.1) is 0 Å². The highest BCUT2D eigenvalue weighted by atomic mass is 16.3. The molecule has 5 heteroatoms. The van der Waals surface area contributed by atoms with Gasteiger partial charge >= 0.3 is 0 Å². The van der Waals surface area contributed by atoms with E-state index in [0.717, 1.165) is 31.4 Å². The number of rotatable bonds is 3. The average molecular weight is 344 g/mol. The molecule has 0 aromatic heterocycles. The molecule has 0 spiro atoms. The largest absolute Gasteiger partial charge is 0.510 e. The zero-order valence-electron chi connectivity index (χ0n) is 15.2. The Balaban J connectivity index is 1.88. The number of nitrogens with zero attached hydrogens (tertiary/aromatic N) is 1. The van der Waals surface area contributed by atoms with E-state index >= 15 is 0 Å². The van der Waals surface area contributed by atoms with Gasteiger partial charge in [-0.2, -0.15) is 0 Å². The number of carbonyl (C=O) groups excluding carboxylic acids is 1. The quantitative estimate of drug-likeness (QED) is 0.787. The van der Waals surface area contributed by atoms with Crippen LogP contribution in [0.2, 0.25) is 0 Å². The molecule has 0 unspecified atom stereocenters. The van der Waals surface area contributed by atoms with E-state index in [2.05, 4.69) is 10.2 Å². The van der Waals surface area contributed by atoms with Crippen molar-refractivity contribution in [2.45, 2.75) is 63.8 Å². The number of benzene rings is 1. The molecule has 0 radical (unpaired) electrons. The molecule has 3 atom stereocenters. The number of fused-ring (bicyclic) bond motifs is 1. The molecule has 3 N–H and O–H groups in total. The summed E-state index contributed by atoms with van der Waals surface area (Å²) < 4.78 is 0. The third-order valence-electron chi connectivity index (χ3n) is 5.66. The van der Waals surface area contributed by atoms with Gasteiger partial charge in [0.2, 0.25) is 0 Å². The Kier molecular flexibility index (Phi) is 4.89. The molecule has 0 bridgehead atoms. The molecule has 5 nitrogen and oxygen atoms in total. The molecule has 2 heterocycles. The van der Waals surface area contributed by atoms with E-state index in [1.807, 2.05) is 45.0 Å². The van der Waals surface area contributed by atoms with Gasteiger partial charge in [0.25, 0.3) is 5.91 Å². The number of hydrogen-bond donors (Lipinski definition) is 3. The summed E-state index contributed by atoms with van der Waals surface area (Å²) in [6, 6.07) is 6.85. The lowest BCUT2D eigenvalue weighted by Crippen LogP contribution is -2.67. The molecule has 1 aromatic carbocycles.